The first-order valence-electron chi connectivity index (χ1n) is 10.2. The van der Waals surface area contributed by atoms with Crippen molar-refractivity contribution in [3.05, 3.63) is 133 Å². The normalized spacial score (nSPS) is 12.5. The maximum atomic E-state index is 8.82. The van der Waals surface area contributed by atoms with Crippen molar-refractivity contribution in [3.8, 4) is 12.1 Å². The first-order chi connectivity index (χ1) is 15.8. The van der Waals surface area contributed by atoms with Gasteiger partial charge in [0.05, 0.1) is 11.4 Å². The monoisotopic (exact) mass is 412 g/mol. The lowest BCUT2D eigenvalue weighted by Gasteiger charge is -2.25. The molecular weight excluding hydrogens is 392 g/mol. The Labute approximate surface area is 188 Å². The van der Waals surface area contributed by atoms with Gasteiger partial charge in [0.25, 0.3) is 0 Å². The zero-order valence-electron chi connectivity index (χ0n) is 17.3. The Hall–Kier alpha value is -4.80. The number of benzene rings is 3. The zero-order chi connectivity index (χ0) is 22.2. The van der Waals surface area contributed by atoms with Gasteiger partial charge in [-0.1, -0.05) is 72.8 Å². The quantitative estimate of drug-likeness (QED) is 0.338. The summed E-state index contributed by atoms with van der Waals surface area (Å²) in [6.45, 7) is 0. The number of rotatable bonds is 5. The van der Waals surface area contributed by atoms with Crippen LogP contribution in [-0.2, 0) is 0 Å². The number of nitriles is 2. The van der Waals surface area contributed by atoms with E-state index in [9.17, 15) is 0 Å². The summed E-state index contributed by atoms with van der Waals surface area (Å²) < 4.78 is 0. The van der Waals surface area contributed by atoms with Crippen molar-refractivity contribution in [2.75, 3.05) is 9.80 Å². The topological polar surface area (TPSA) is 54.1 Å². The van der Waals surface area contributed by atoms with Crippen molar-refractivity contribution in [2.24, 2.45) is 0 Å². The van der Waals surface area contributed by atoms with Gasteiger partial charge in [-0.15, -0.1) is 0 Å². The Morgan fingerprint density at radius 2 is 1.06 bits per heavy atom. The lowest BCUT2D eigenvalue weighted by molar-refractivity contribution is 1.13. The second kappa shape index (κ2) is 9.80. The molecule has 1 heterocycles. The molecule has 0 spiro atoms. The fourth-order valence-corrected chi connectivity index (χ4v) is 3.56. The average Bonchev–Trinajstić information content (AvgIpc) is 3.18. The minimum Gasteiger partial charge on any atom is -0.294 e. The van der Waals surface area contributed by atoms with Gasteiger partial charge in [-0.3, -0.25) is 9.80 Å². The lowest BCUT2D eigenvalue weighted by Crippen LogP contribution is -2.21. The SMILES string of the molecule is N#CC(C#N)=C/C=C/C=C/C=C1N(c2ccccc2)c2ccccc2N1c1ccccc1. The molecule has 1 aliphatic rings. The molecule has 4 heteroatoms. The summed E-state index contributed by atoms with van der Waals surface area (Å²) in [6, 6.07) is 32.6. The molecule has 0 atom stereocenters. The van der Waals surface area contributed by atoms with Crippen LogP contribution in [0.2, 0.25) is 0 Å². The van der Waals surface area contributed by atoms with Crippen molar-refractivity contribution in [1.29, 1.82) is 10.5 Å². The first kappa shape index (κ1) is 20.5. The first-order valence-corrected chi connectivity index (χ1v) is 10.2. The molecule has 152 valence electrons. The molecular formula is C28H20N4. The van der Waals surface area contributed by atoms with Crippen LogP contribution in [0.15, 0.2) is 133 Å². The van der Waals surface area contributed by atoms with Crippen molar-refractivity contribution >= 4 is 22.7 Å². The van der Waals surface area contributed by atoms with Gasteiger partial charge >= 0.3 is 0 Å². The number of hydrogen-bond acceptors (Lipinski definition) is 4. The molecule has 3 aromatic carbocycles. The second-order valence-electron chi connectivity index (χ2n) is 6.93. The molecule has 4 nitrogen and oxygen atoms in total. The number of allylic oxidation sites excluding steroid dienone is 7. The maximum absolute atomic E-state index is 8.82. The minimum absolute atomic E-state index is 0.0738. The summed E-state index contributed by atoms with van der Waals surface area (Å²) in [6.07, 6.45) is 10.9. The molecule has 0 bridgehead atoms. The van der Waals surface area contributed by atoms with Gasteiger partial charge in [-0.05, 0) is 48.6 Å². The van der Waals surface area contributed by atoms with Gasteiger partial charge in [-0.2, -0.15) is 10.5 Å². The van der Waals surface area contributed by atoms with E-state index in [1.807, 2.05) is 72.8 Å². The Balaban J connectivity index is 1.77. The van der Waals surface area contributed by atoms with Crippen molar-refractivity contribution in [3.63, 3.8) is 0 Å². The largest absolute Gasteiger partial charge is 0.294 e. The molecule has 0 unspecified atom stereocenters. The van der Waals surface area contributed by atoms with Crippen LogP contribution in [0.5, 0.6) is 0 Å². The zero-order valence-corrected chi connectivity index (χ0v) is 17.3. The van der Waals surface area contributed by atoms with Gasteiger partial charge in [0, 0.05) is 11.4 Å². The van der Waals surface area contributed by atoms with Crippen LogP contribution in [0, 0.1) is 22.7 Å². The van der Waals surface area contributed by atoms with Crippen molar-refractivity contribution in [1.82, 2.24) is 0 Å². The Kier molecular flexibility index (Phi) is 6.27. The van der Waals surface area contributed by atoms with E-state index in [-0.39, 0.29) is 5.57 Å². The standard InChI is InChI=1S/C28H20N4/c29-21-23(22-30)13-5-1-2-10-20-28-31(24-14-6-3-7-15-24)26-18-11-12-19-27(26)32(28)25-16-8-4-9-17-25/h1-20H/b5-1+,10-2+. The number of para-hydroxylation sites is 4. The molecule has 3 aromatic rings. The summed E-state index contributed by atoms with van der Waals surface area (Å²) in [5.41, 5.74) is 4.43. The summed E-state index contributed by atoms with van der Waals surface area (Å²) >= 11 is 0. The van der Waals surface area contributed by atoms with E-state index in [1.165, 1.54) is 6.08 Å². The summed E-state index contributed by atoms with van der Waals surface area (Å²) in [4.78, 5) is 4.47. The van der Waals surface area contributed by atoms with Crippen LogP contribution in [0.4, 0.5) is 22.7 Å². The van der Waals surface area contributed by atoms with Crippen LogP contribution >= 0.6 is 0 Å². The van der Waals surface area contributed by atoms with Crippen LogP contribution in [0.1, 0.15) is 0 Å². The fourth-order valence-electron chi connectivity index (χ4n) is 3.56. The highest BCUT2D eigenvalue weighted by Crippen LogP contribution is 2.49. The van der Waals surface area contributed by atoms with E-state index in [2.05, 4.69) is 52.3 Å². The maximum Gasteiger partial charge on any atom is 0.129 e. The molecule has 0 aromatic heterocycles. The predicted molar refractivity (Wildman–Crippen MR) is 129 cm³/mol. The fraction of sp³-hybridized carbons (Fsp3) is 0. The molecule has 0 amide bonds. The highest BCUT2D eigenvalue weighted by atomic mass is 15.4. The highest BCUT2D eigenvalue weighted by Gasteiger charge is 2.32. The number of fused-ring (bicyclic) bond motifs is 1. The third-order valence-electron chi connectivity index (χ3n) is 4.93. The van der Waals surface area contributed by atoms with Gasteiger partial charge in [0.2, 0.25) is 0 Å². The Bertz CT molecular complexity index is 1200. The second-order valence-corrected chi connectivity index (χ2v) is 6.93. The van der Waals surface area contributed by atoms with Crippen LogP contribution in [-0.4, -0.2) is 0 Å². The van der Waals surface area contributed by atoms with E-state index >= 15 is 0 Å². The average molecular weight is 412 g/mol. The molecule has 0 saturated heterocycles. The van der Waals surface area contributed by atoms with Crippen LogP contribution in [0.3, 0.4) is 0 Å². The molecule has 0 aliphatic carbocycles. The molecule has 0 fully saturated rings. The van der Waals surface area contributed by atoms with E-state index in [1.54, 1.807) is 12.2 Å². The minimum atomic E-state index is 0.0738. The van der Waals surface area contributed by atoms with Gasteiger partial charge < -0.3 is 0 Å². The van der Waals surface area contributed by atoms with E-state index in [0.717, 1.165) is 28.6 Å². The molecule has 0 radical (unpaired) electrons. The number of anilines is 4. The molecule has 32 heavy (non-hydrogen) atoms. The lowest BCUT2D eigenvalue weighted by atomic mass is 10.2. The smallest absolute Gasteiger partial charge is 0.129 e. The van der Waals surface area contributed by atoms with Crippen molar-refractivity contribution in [2.45, 2.75) is 0 Å². The van der Waals surface area contributed by atoms with Crippen molar-refractivity contribution < 1.29 is 0 Å². The van der Waals surface area contributed by atoms with Crippen LogP contribution < -0.4 is 9.80 Å². The van der Waals surface area contributed by atoms with Gasteiger partial charge in [0.1, 0.15) is 23.5 Å². The molecule has 0 saturated carbocycles. The third kappa shape index (κ3) is 4.21. The number of hydrogen-bond donors (Lipinski definition) is 0. The van der Waals surface area contributed by atoms with Crippen LogP contribution in [0.25, 0.3) is 0 Å². The van der Waals surface area contributed by atoms with Gasteiger partial charge in [-0.25, -0.2) is 0 Å². The molecule has 0 N–H and O–H groups in total. The summed E-state index contributed by atoms with van der Waals surface area (Å²) in [5.74, 6) is 0.999. The summed E-state index contributed by atoms with van der Waals surface area (Å²) in [5, 5.41) is 17.6. The van der Waals surface area contributed by atoms with Gasteiger partial charge in [0.15, 0.2) is 0 Å². The van der Waals surface area contributed by atoms with E-state index in [0.29, 0.717) is 0 Å². The van der Waals surface area contributed by atoms with E-state index < -0.39 is 0 Å². The number of nitrogens with zero attached hydrogens (tertiary/aromatic N) is 4. The third-order valence-corrected chi connectivity index (χ3v) is 4.93. The highest BCUT2D eigenvalue weighted by molar-refractivity contribution is 5.93. The predicted octanol–water partition coefficient (Wildman–Crippen LogP) is 6.90. The summed E-state index contributed by atoms with van der Waals surface area (Å²) in [7, 11) is 0. The van der Waals surface area contributed by atoms with E-state index in [4.69, 9.17) is 10.5 Å². The molecule has 1 aliphatic heterocycles. The Morgan fingerprint density at radius 1 is 0.594 bits per heavy atom. The Morgan fingerprint density at radius 3 is 1.56 bits per heavy atom. The molecule has 4 rings (SSSR count).